The first-order valence-corrected chi connectivity index (χ1v) is 3.71. The zero-order valence-electron chi connectivity index (χ0n) is 8.24. The monoisotopic (exact) mass is 553 g/mol. The smallest absolute Gasteiger partial charge is 0.376 e. The van der Waals surface area contributed by atoms with Crippen molar-refractivity contribution >= 4 is 0 Å². The molecule has 0 radical (unpaired) electrons. The summed E-state index contributed by atoms with van der Waals surface area (Å²) in [5, 5.41) is 2.89. The minimum absolute atomic E-state index is 0. The maximum Gasteiger partial charge on any atom is 2.00 e. The largest absolute Gasteiger partial charge is 2.00 e. The van der Waals surface area contributed by atoms with Crippen molar-refractivity contribution in [3.63, 3.8) is 0 Å². The molecule has 0 rings (SSSR count). The average molecular weight is 553 g/mol. The van der Waals surface area contributed by atoms with E-state index in [1.165, 1.54) is 0 Å². The van der Waals surface area contributed by atoms with Crippen molar-refractivity contribution in [2.45, 2.75) is 27.7 Å². The van der Waals surface area contributed by atoms with Crippen molar-refractivity contribution in [3.8, 4) is 0 Å². The van der Waals surface area contributed by atoms with Gasteiger partial charge in [-0.2, -0.15) is 0 Å². The summed E-state index contributed by atoms with van der Waals surface area (Å²) in [4.78, 5) is 0. The molecular weight excluding hydrogens is 532 g/mol. The molecule has 0 amide bonds. The summed E-state index contributed by atoms with van der Waals surface area (Å²) in [6, 6.07) is 0. The van der Waals surface area contributed by atoms with Gasteiger partial charge in [0.2, 0.25) is 0 Å². The first-order valence-electron chi connectivity index (χ1n) is 3.71. The molecule has 0 unspecified atom stereocenters. The van der Waals surface area contributed by atoms with E-state index in [9.17, 15) is 0 Å². The quantitative estimate of drug-likeness (QED) is 0.519. The van der Waals surface area contributed by atoms with Crippen LogP contribution >= 0.6 is 0 Å². The second kappa shape index (κ2) is 60.6. The first kappa shape index (κ1) is 29.3. The molecule has 1 N–H and O–H groups in total. The van der Waals surface area contributed by atoms with Crippen molar-refractivity contribution < 1.29 is 52.2 Å². The third kappa shape index (κ3) is 80.4. The zero-order chi connectivity index (χ0) is 8.12. The van der Waals surface area contributed by atoms with Gasteiger partial charge >= 0.3 is 21.1 Å². The van der Waals surface area contributed by atoms with Crippen molar-refractivity contribution in [2.24, 2.45) is 0 Å². The fourth-order valence-electron chi connectivity index (χ4n) is 0.125. The molecule has 1 nitrogen and oxygen atoms in total. The molecule has 0 saturated heterocycles. The van der Waals surface area contributed by atoms with Crippen LogP contribution < -0.4 is 5.32 Å². The Morgan fingerprint density at radius 2 is 1.09 bits per heavy atom. The Balaban J connectivity index is -0.0000000178. The van der Waals surface area contributed by atoms with Gasteiger partial charge in [-0.05, 0) is 0 Å². The van der Waals surface area contributed by atoms with Gasteiger partial charge in [-0.1, -0.05) is 27.7 Å². The molecule has 0 aliphatic carbocycles. The minimum Gasteiger partial charge on any atom is -0.376 e. The summed E-state index contributed by atoms with van der Waals surface area (Å²) in [6.45, 7) is 16.6. The van der Waals surface area contributed by atoms with Gasteiger partial charge in [-0.15, -0.1) is 13.1 Å². The molecule has 0 saturated carbocycles. The summed E-state index contributed by atoms with van der Waals surface area (Å²) in [6.07, 6.45) is 0. The van der Waals surface area contributed by atoms with Gasteiger partial charge in [0.1, 0.15) is 0 Å². The van der Waals surface area contributed by atoms with Gasteiger partial charge < -0.3 is 19.2 Å². The van der Waals surface area contributed by atoms with Gasteiger partial charge in [0, 0.05) is 31.1 Å². The van der Waals surface area contributed by atoms with Gasteiger partial charge in [0.15, 0.2) is 0 Å². The molecule has 0 aromatic carbocycles. The summed E-state index contributed by atoms with van der Waals surface area (Å²) >= 11 is 0. The van der Waals surface area contributed by atoms with Gasteiger partial charge in [0.05, 0.1) is 0 Å². The Morgan fingerprint density at radius 3 is 1.09 bits per heavy atom. The number of hydrogen-bond acceptors (Lipinski definition) is 1. The molecule has 0 spiro atoms. The van der Waals surface area contributed by atoms with Gasteiger partial charge in [-0.25, -0.2) is 0 Å². The summed E-state index contributed by atoms with van der Waals surface area (Å²) in [7, 11) is 0. The third-order valence-corrected chi connectivity index (χ3v) is 0.354. The van der Waals surface area contributed by atoms with E-state index in [1.54, 1.807) is 0 Å². The van der Waals surface area contributed by atoms with E-state index in [0.29, 0.717) is 0 Å². The third-order valence-electron chi connectivity index (χ3n) is 0.354. The second-order valence-corrected chi connectivity index (χ2v) is 0.750. The molecule has 0 bridgehead atoms. The Morgan fingerprint density at radius 1 is 0.909 bits per heavy atom. The van der Waals surface area contributed by atoms with Crippen molar-refractivity contribution in [2.75, 3.05) is 13.1 Å². The standard InChI is InChI=1S/C4H9N.2C2H6.U.W/c1-3-5-4-2;2*1-2;;/h5H,1-4H2;2*1-2H3;;/q-2;;;;+2. The first-order chi connectivity index (χ1) is 4.41. The number of rotatable bonds is 2. The molecule has 0 aliphatic rings. The molecule has 0 aromatic heterocycles. The minimum atomic E-state index is 0. The molecule has 3 heteroatoms. The normalized spacial score (nSPS) is 4.91. The maximum absolute atomic E-state index is 3.52. The Labute approximate surface area is 111 Å². The number of hydrogen-bond donors (Lipinski definition) is 1. The van der Waals surface area contributed by atoms with Gasteiger partial charge in [0.25, 0.3) is 0 Å². The van der Waals surface area contributed by atoms with Crippen LogP contribution in [0, 0.1) is 45.0 Å². The summed E-state index contributed by atoms with van der Waals surface area (Å²) in [5.74, 6) is 0. The zero-order valence-corrected chi connectivity index (χ0v) is 15.3. The number of nitrogens with one attached hydrogen (secondary N) is 1. The molecule has 11 heavy (non-hydrogen) atoms. The molecule has 0 atom stereocenters. The molecule has 0 heterocycles. The Bertz CT molecular complexity index is 21.6. The van der Waals surface area contributed by atoms with E-state index in [4.69, 9.17) is 0 Å². The fourth-order valence-corrected chi connectivity index (χ4v) is 0.125. The van der Waals surface area contributed by atoms with Crippen LogP contribution in [0.15, 0.2) is 0 Å². The van der Waals surface area contributed by atoms with E-state index in [-0.39, 0.29) is 52.2 Å². The summed E-state index contributed by atoms with van der Waals surface area (Å²) < 4.78 is 0. The molecule has 0 aromatic rings. The average Bonchev–Trinajstić information content (AvgIpc) is 1.98. The second-order valence-electron chi connectivity index (χ2n) is 0.750. The van der Waals surface area contributed by atoms with E-state index < -0.39 is 0 Å². The van der Waals surface area contributed by atoms with E-state index >= 15 is 0 Å². The fraction of sp³-hybridized carbons (Fsp3) is 0.750. The van der Waals surface area contributed by atoms with Crippen LogP contribution in [0.5, 0.6) is 0 Å². The SMILES string of the molecule is CC.CC.[CH2-]CNC[CH2-].[U].[W+2]. The summed E-state index contributed by atoms with van der Waals surface area (Å²) in [5.41, 5.74) is 0. The molecule has 0 fully saturated rings. The van der Waals surface area contributed by atoms with Crippen molar-refractivity contribution in [1.82, 2.24) is 5.32 Å². The van der Waals surface area contributed by atoms with E-state index in [0.717, 1.165) is 13.1 Å². The van der Waals surface area contributed by atoms with Crippen LogP contribution in [0.2, 0.25) is 0 Å². The topological polar surface area (TPSA) is 12.0 Å². The van der Waals surface area contributed by atoms with Crippen molar-refractivity contribution in [1.29, 1.82) is 0 Å². The van der Waals surface area contributed by atoms with Crippen molar-refractivity contribution in [3.05, 3.63) is 13.8 Å². The molecular formula is C8H21NUW. The van der Waals surface area contributed by atoms with E-state index in [1.807, 2.05) is 27.7 Å². The Kier molecular flexibility index (Phi) is 162. The van der Waals surface area contributed by atoms with Crippen LogP contribution in [0.25, 0.3) is 0 Å². The predicted molar refractivity (Wildman–Crippen MR) is 46.3 cm³/mol. The molecule has 68 valence electrons. The molecule has 0 aliphatic heterocycles. The predicted octanol–water partition coefficient (Wildman–Crippen LogP) is 2.29. The maximum atomic E-state index is 3.52. The Hall–Kier alpha value is 1.70. The van der Waals surface area contributed by atoms with Crippen LogP contribution in [0.4, 0.5) is 0 Å². The van der Waals surface area contributed by atoms with Gasteiger partial charge in [-0.3, -0.25) is 0 Å². The van der Waals surface area contributed by atoms with E-state index in [2.05, 4.69) is 19.2 Å². The van der Waals surface area contributed by atoms with Crippen LogP contribution in [0.3, 0.4) is 0 Å². The van der Waals surface area contributed by atoms with Crippen LogP contribution in [0.1, 0.15) is 27.7 Å². The van der Waals surface area contributed by atoms with Crippen LogP contribution in [-0.4, -0.2) is 13.1 Å². The van der Waals surface area contributed by atoms with Crippen LogP contribution in [-0.2, 0) is 21.1 Å².